The van der Waals surface area contributed by atoms with Crippen molar-refractivity contribution in [1.82, 2.24) is 14.3 Å². The summed E-state index contributed by atoms with van der Waals surface area (Å²) in [5.41, 5.74) is -3.55. The van der Waals surface area contributed by atoms with E-state index in [1.54, 1.807) is 54.7 Å². The molecule has 1 N–H and O–H groups in total. The Balaban J connectivity index is 1.73. The van der Waals surface area contributed by atoms with Crippen LogP contribution >= 0.6 is 0 Å². The van der Waals surface area contributed by atoms with Crippen LogP contribution in [-0.4, -0.2) is 47.4 Å². The minimum Gasteiger partial charge on any atom is -0.491 e. The smallest absolute Gasteiger partial charge is 0.491 e. The second-order valence-corrected chi connectivity index (χ2v) is 9.28. The Hall–Kier alpha value is -3.05. The Morgan fingerprint density at radius 3 is 2.50 bits per heavy atom. The lowest BCUT2D eigenvalue weighted by Gasteiger charge is -2.33. The second-order valence-electron chi connectivity index (χ2n) is 7.35. The fourth-order valence-electron chi connectivity index (χ4n) is 3.66. The number of halogens is 3. The number of benzene rings is 2. The van der Waals surface area contributed by atoms with Gasteiger partial charge >= 0.3 is 15.5 Å². The summed E-state index contributed by atoms with van der Waals surface area (Å²) in [6.45, 7) is -0.507. The highest BCUT2D eigenvalue weighted by Gasteiger charge is 2.51. The summed E-state index contributed by atoms with van der Waals surface area (Å²) in [6.07, 6.45) is 3.13. The molecule has 0 amide bonds. The molecular formula is C21H21F3N4O3S. The molecule has 7 nitrogen and oxygen atoms in total. The predicted molar refractivity (Wildman–Crippen MR) is 112 cm³/mol. The minimum atomic E-state index is -5.54. The molecular weight excluding hydrogens is 445 g/mol. The molecule has 0 fully saturated rings. The van der Waals surface area contributed by atoms with Crippen molar-refractivity contribution >= 4 is 15.7 Å². The first-order chi connectivity index (χ1) is 15.3. The summed E-state index contributed by atoms with van der Waals surface area (Å²) in [4.78, 5) is 8.85. The summed E-state index contributed by atoms with van der Waals surface area (Å²) < 4.78 is 71.3. The maximum Gasteiger partial charge on any atom is 0.511 e. The average molecular weight is 466 g/mol. The van der Waals surface area contributed by atoms with Gasteiger partial charge in [-0.3, -0.25) is 0 Å². The van der Waals surface area contributed by atoms with Gasteiger partial charge in [-0.15, -0.1) is 0 Å². The van der Waals surface area contributed by atoms with E-state index in [9.17, 15) is 21.6 Å². The normalized spacial score (nSPS) is 17.6. The first kappa shape index (κ1) is 22.2. The number of para-hydroxylation sites is 2. The molecule has 1 aliphatic heterocycles. The summed E-state index contributed by atoms with van der Waals surface area (Å²) in [5, 5.41) is 0. The molecule has 170 valence electrons. The van der Waals surface area contributed by atoms with Crippen LogP contribution < -0.4 is 9.64 Å². The number of aromatic amines is 1. The van der Waals surface area contributed by atoms with Crippen LogP contribution in [0.25, 0.3) is 0 Å². The van der Waals surface area contributed by atoms with E-state index in [1.165, 1.54) is 6.33 Å². The highest BCUT2D eigenvalue weighted by molar-refractivity contribution is 7.89. The van der Waals surface area contributed by atoms with E-state index in [4.69, 9.17) is 4.74 Å². The number of aromatic nitrogens is 2. The first-order valence-corrected chi connectivity index (χ1v) is 11.3. The van der Waals surface area contributed by atoms with Crippen molar-refractivity contribution in [3.05, 3.63) is 78.4 Å². The van der Waals surface area contributed by atoms with E-state index in [2.05, 4.69) is 9.97 Å². The predicted octanol–water partition coefficient (Wildman–Crippen LogP) is 3.53. The Morgan fingerprint density at radius 1 is 1.09 bits per heavy atom. The first-order valence-electron chi connectivity index (χ1n) is 9.82. The molecule has 3 aromatic rings. The molecule has 2 aromatic carbocycles. The number of rotatable bonds is 6. The lowest BCUT2D eigenvalue weighted by Crippen LogP contribution is -2.49. The van der Waals surface area contributed by atoms with Gasteiger partial charge in [0.2, 0.25) is 0 Å². The summed E-state index contributed by atoms with van der Waals surface area (Å²) in [6, 6.07) is 15.0. The Morgan fingerprint density at radius 2 is 1.81 bits per heavy atom. The number of hydrogen-bond donors (Lipinski definition) is 1. The van der Waals surface area contributed by atoms with E-state index < -0.39 is 28.1 Å². The highest BCUT2D eigenvalue weighted by Crippen LogP contribution is 2.34. The van der Waals surface area contributed by atoms with Crippen molar-refractivity contribution in [3.8, 4) is 5.75 Å². The minimum absolute atomic E-state index is 0.0175. The van der Waals surface area contributed by atoms with Crippen LogP contribution in [-0.2, 0) is 23.1 Å². The number of nitrogens with zero attached hydrogens (tertiary/aromatic N) is 3. The van der Waals surface area contributed by atoms with Crippen LogP contribution in [0.5, 0.6) is 5.75 Å². The van der Waals surface area contributed by atoms with Crippen LogP contribution in [0, 0.1) is 0 Å². The van der Waals surface area contributed by atoms with Gasteiger partial charge in [0.15, 0.2) is 0 Å². The van der Waals surface area contributed by atoms with Gasteiger partial charge in [0.25, 0.3) is 0 Å². The number of fused-ring (bicyclic) bond motifs is 1. The van der Waals surface area contributed by atoms with Crippen molar-refractivity contribution in [2.24, 2.45) is 0 Å². The van der Waals surface area contributed by atoms with E-state index in [-0.39, 0.29) is 13.2 Å². The number of anilines is 1. The fourth-order valence-corrected chi connectivity index (χ4v) is 4.63. The Bertz CT molecular complexity index is 1140. The van der Waals surface area contributed by atoms with Gasteiger partial charge in [0.1, 0.15) is 12.4 Å². The van der Waals surface area contributed by atoms with Crippen LogP contribution in [0.2, 0.25) is 0 Å². The van der Waals surface area contributed by atoms with Crippen LogP contribution in [0.1, 0.15) is 11.3 Å². The largest absolute Gasteiger partial charge is 0.511 e. The molecule has 0 radical (unpaired) electrons. The molecule has 1 aromatic heterocycles. The van der Waals surface area contributed by atoms with Crippen molar-refractivity contribution in [1.29, 1.82) is 0 Å². The van der Waals surface area contributed by atoms with Crippen LogP contribution in [0.4, 0.5) is 18.9 Å². The second kappa shape index (κ2) is 8.83. The molecule has 1 atom stereocenters. The zero-order chi connectivity index (χ0) is 22.8. The molecule has 4 rings (SSSR count). The third-order valence-corrected chi connectivity index (χ3v) is 6.76. The van der Waals surface area contributed by atoms with Crippen molar-refractivity contribution in [3.63, 3.8) is 0 Å². The molecule has 0 aliphatic carbocycles. The van der Waals surface area contributed by atoms with E-state index >= 15 is 0 Å². The third kappa shape index (κ3) is 4.58. The Labute approximate surface area is 183 Å². The standard InChI is InChI=1S/C21H21F3N4O3S/c22-21(23,24)32(29,30)27-11-16-6-4-5-9-20(16)28(12-17-10-25-15-26-17)18(13-27)14-31-19-7-2-1-3-8-19/h1-10,15,18H,11-14H2,(H,25,26). The number of ether oxygens (including phenoxy) is 1. The maximum atomic E-state index is 13.4. The van der Waals surface area contributed by atoms with Gasteiger partial charge in [-0.1, -0.05) is 36.4 Å². The number of alkyl halides is 3. The van der Waals surface area contributed by atoms with E-state index in [1.807, 2.05) is 11.0 Å². The number of H-pyrrole nitrogens is 1. The van der Waals surface area contributed by atoms with Gasteiger partial charge in [-0.25, -0.2) is 13.4 Å². The van der Waals surface area contributed by atoms with Crippen molar-refractivity contribution in [2.75, 3.05) is 18.1 Å². The van der Waals surface area contributed by atoms with E-state index in [0.29, 0.717) is 27.9 Å². The molecule has 0 saturated carbocycles. The third-order valence-electron chi connectivity index (χ3n) is 5.22. The van der Waals surface area contributed by atoms with Gasteiger partial charge < -0.3 is 14.6 Å². The Kier molecular flexibility index (Phi) is 6.11. The summed E-state index contributed by atoms with van der Waals surface area (Å²) >= 11 is 0. The van der Waals surface area contributed by atoms with Gasteiger partial charge in [-0.05, 0) is 23.8 Å². The number of hydrogen-bond acceptors (Lipinski definition) is 5. The molecule has 0 bridgehead atoms. The number of imidazole rings is 1. The SMILES string of the molecule is O=S(=O)(N1Cc2ccccc2N(Cc2cnc[nH]2)C(COc2ccccc2)C1)C(F)(F)F. The molecule has 11 heteroatoms. The number of sulfonamides is 1. The van der Waals surface area contributed by atoms with Crippen molar-refractivity contribution in [2.45, 2.75) is 24.6 Å². The zero-order valence-electron chi connectivity index (χ0n) is 16.9. The number of nitrogens with one attached hydrogen (secondary N) is 1. The van der Waals surface area contributed by atoms with Crippen molar-refractivity contribution < 1.29 is 26.3 Å². The molecule has 32 heavy (non-hydrogen) atoms. The van der Waals surface area contributed by atoms with Gasteiger partial charge in [0, 0.05) is 25.0 Å². The fraction of sp³-hybridized carbons (Fsp3) is 0.286. The highest BCUT2D eigenvalue weighted by atomic mass is 32.2. The molecule has 1 aliphatic rings. The topological polar surface area (TPSA) is 78.5 Å². The zero-order valence-corrected chi connectivity index (χ0v) is 17.7. The summed E-state index contributed by atoms with van der Waals surface area (Å²) in [7, 11) is -5.54. The van der Waals surface area contributed by atoms with Gasteiger partial charge in [-0.2, -0.15) is 17.5 Å². The maximum absolute atomic E-state index is 13.4. The van der Waals surface area contributed by atoms with E-state index in [0.717, 1.165) is 5.69 Å². The molecule has 1 unspecified atom stereocenters. The average Bonchev–Trinajstić information content (AvgIpc) is 3.22. The lowest BCUT2D eigenvalue weighted by molar-refractivity contribution is -0.0493. The van der Waals surface area contributed by atoms with Gasteiger partial charge in [0.05, 0.1) is 24.6 Å². The van der Waals surface area contributed by atoms with Crippen LogP contribution in [0.15, 0.2) is 67.1 Å². The molecule has 2 heterocycles. The monoisotopic (exact) mass is 466 g/mol. The quantitative estimate of drug-likeness (QED) is 0.602. The van der Waals surface area contributed by atoms with Crippen LogP contribution in [0.3, 0.4) is 0 Å². The summed E-state index contributed by atoms with van der Waals surface area (Å²) in [5.74, 6) is 0.539. The molecule has 0 spiro atoms. The molecule has 0 saturated heterocycles. The lowest BCUT2D eigenvalue weighted by atomic mass is 10.1.